The second kappa shape index (κ2) is 28.7. The lowest BCUT2D eigenvalue weighted by Gasteiger charge is -2.32. The van der Waals surface area contributed by atoms with Crippen molar-refractivity contribution in [2.24, 2.45) is 28.3 Å². The Kier molecular flexibility index (Phi) is 22.2. The number of nitrogens with one attached hydrogen (secondary N) is 8. The number of nitrogens with zero attached hydrogens (tertiary/aromatic N) is 3. The summed E-state index contributed by atoms with van der Waals surface area (Å²) < 4.78 is 0. The highest BCUT2D eigenvalue weighted by Crippen LogP contribution is 2.21. The van der Waals surface area contributed by atoms with Crippen molar-refractivity contribution < 1.29 is 43.5 Å². The van der Waals surface area contributed by atoms with E-state index in [0.29, 0.717) is 56.2 Å². The van der Waals surface area contributed by atoms with Gasteiger partial charge in [0.05, 0.1) is 6.33 Å². The maximum atomic E-state index is 14.7. The Bertz CT molecular complexity index is 2380. The molecule has 74 heavy (non-hydrogen) atoms. The smallest absolute Gasteiger partial charge is 0.246 e. The topological polar surface area (TPSA) is 337 Å². The highest BCUT2D eigenvalue weighted by atomic mass is 16.3. The number of carbonyl (C=O) groups excluding carboxylic acids is 8. The number of fused-ring (bicyclic) bond motifs is 1. The lowest BCUT2D eigenvalue weighted by Crippen LogP contribution is -2.62. The van der Waals surface area contributed by atoms with Crippen LogP contribution in [0.4, 0.5) is 0 Å². The van der Waals surface area contributed by atoms with Gasteiger partial charge in [-0.1, -0.05) is 83.0 Å². The summed E-state index contributed by atoms with van der Waals surface area (Å²) in [6, 6.07) is 7.14. The number of aromatic nitrogens is 2. The Morgan fingerprint density at radius 1 is 0.703 bits per heavy atom. The van der Waals surface area contributed by atoms with E-state index in [-0.39, 0.29) is 63.4 Å². The minimum Gasteiger partial charge on any atom is -0.508 e. The molecule has 8 amide bonds. The molecule has 0 radical (unpaired) electrons. The normalized spacial score (nSPS) is 24.1. The molecule has 2 aromatic carbocycles. The first kappa shape index (κ1) is 57.4. The van der Waals surface area contributed by atoms with Crippen molar-refractivity contribution in [3.05, 3.63) is 83.9 Å². The van der Waals surface area contributed by atoms with Crippen LogP contribution >= 0.6 is 0 Å². The fraction of sp³-hybridized carbons (Fsp3) is 0.538. The van der Waals surface area contributed by atoms with Gasteiger partial charge in [-0.2, -0.15) is 0 Å². The van der Waals surface area contributed by atoms with E-state index in [1.165, 1.54) is 29.6 Å². The van der Waals surface area contributed by atoms with E-state index in [9.17, 15) is 43.5 Å². The third-order valence-corrected chi connectivity index (χ3v) is 13.4. The van der Waals surface area contributed by atoms with Crippen LogP contribution in [-0.4, -0.2) is 135 Å². The number of carbonyl (C=O) groups is 8. The number of imidazole rings is 1. The number of aromatic hydroxyl groups is 1. The standard InChI is InChI=1S/C52H75N13O9/c1-5-32(4)44-50(73)62-40(28-35-29-55-30-58-35)51(74)65-25-13-17-41(65)48(71)60-38(26-33-14-8-6-9-15-33)45(68)56-23-11-7-10-18-42(67)59-37(16-12-24-57-52(53)54)46(69)63-43(31(2)3)49(72)61-39(47(70)64-44)27-34-19-21-36(66)22-20-34/h6,8-9,14-15,19-22,29-32,37-41,43-44,66H,5,7,10-13,16-18,23-28H2,1-4H3,(H,55,58)(H,56,68)(H,59,67)(H,60,71)(H,61,72)(H,62,73)(H,63,69)(H,64,70)(H4,53,54,57)/t32-,37?,38-,39-,40-,41-,43-,44-/m0/s1. The maximum Gasteiger partial charge on any atom is 0.246 e. The van der Waals surface area contributed by atoms with Crippen molar-refractivity contribution in [3.63, 3.8) is 0 Å². The molecule has 3 heterocycles. The summed E-state index contributed by atoms with van der Waals surface area (Å²) in [4.78, 5) is 126. The molecule has 0 saturated carbocycles. The zero-order valence-corrected chi connectivity index (χ0v) is 42.9. The Hall–Kier alpha value is -7.52. The minimum atomic E-state index is -1.33. The largest absolute Gasteiger partial charge is 0.508 e. The minimum absolute atomic E-state index is 0.0243. The zero-order chi connectivity index (χ0) is 53.7. The van der Waals surface area contributed by atoms with Gasteiger partial charge in [0.2, 0.25) is 47.3 Å². The van der Waals surface area contributed by atoms with Crippen molar-refractivity contribution in [2.75, 3.05) is 19.6 Å². The van der Waals surface area contributed by atoms with Gasteiger partial charge in [0.15, 0.2) is 5.96 Å². The molecule has 0 aliphatic carbocycles. The molecule has 2 aliphatic heterocycles. The van der Waals surface area contributed by atoms with Crippen LogP contribution in [0.1, 0.15) is 102 Å². The molecular weight excluding hydrogens is 951 g/mol. The molecule has 0 spiro atoms. The Morgan fingerprint density at radius 3 is 2.00 bits per heavy atom. The number of aliphatic imine (C=N–C) groups is 1. The molecule has 2 saturated heterocycles. The molecule has 1 unspecified atom stereocenters. The molecule has 402 valence electrons. The van der Waals surface area contributed by atoms with Crippen LogP contribution in [0.15, 0.2) is 72.1 Å². The Balaban J connectivity index is 1.50. The number of rotatable bonds is 13. The first-order chi connectivity index (χ1) is 35.4. The van der Waals surface area contributed by atoms with Gasteiger partial charge in [-0.05, 0) is 73.6 Å². The van der Waals surface area contributed by atoms with Crippen LogP contribution in [0.25, 0.3) is 0 Å². The summed E-state index contributed by atoms with van der Waals surface area (Å²) >= 11 is 0. The molecule has 22 heteroatoms. The van der Waals surface area contributed by atoms with Gasteiger partial charge < -0.3 is 63.7 Å². The van der Waals surface area contributed by atoms with E-state index < -0.39 is 101 Å². The summed E-state index contributed by atoms with van der Waals surface area (Å²) in [6.07, 6.45) is 6.08. The number of nitrogens with two attached hydrogens (primary N) is 2. The first-order valence-electron chi connectivity index (χ1n) is 25.7. The summed E-state index contributed by atoms with van der Waals surface area (Å²) in [5.41, 5.74) is 12.9. The summed E-state index contributed by atoms with van der Waals surface area (Å²) in [5.74, 6) is -5.95. The van der Waals surface area contributed by atoms with Gasteiger partial charge in [-0.25, -0.2) is 4.98 Å². The lowest BCUT2D eigenvalue weighted by atomic mass is 9.96. The molecule has 1 aromatic heterocycles. The number of hydrogen-bond donors (Lipinski definition) is 11. The zero-order valence-electron chi connectivity index (χ0n) is 42.9. The van der Waals surface area contributed by atoms with E-state index >= 15 is 0 Å². The van der Waals surface area contributed by atoms with Crippen molar-refractivity contribution in [1.82, 2.24) is 52.1 Å². The van der Waals surface area contributed by atoms with E-state index in [1.54, 1.807) is 32.9 Å². The average Bonchev–Trinajstić information content (AvgIpc) is 4.09. The van der Waals surface area contributed by atoms with Crippen LogP contribution in [0, 0.1) is 11.8 Å². The Morgan fingerprint density at radius 2 is 1.34 bits per heavy atom. The quantitative estimate of drug-likeness (QED) is 0.0633. The van der Waals surface area contributed by atoms with Gasteiger partial charge in [-0.15, -0.1) is 0 Å². The van der Waals surface area contributed by atoms with Crippen LogP contribution in [0.3, 0.4) is 0 Å². The number of hydrogen-bond acceptors (Lipinski definition) is 11. The molecule has 3 aromatic rings. The van der Waals surface area contributed by atoms with E-state index in [4.69, 9.17) is 11.5 Å². The van der Waals surface area contributed by atoms with Crippen LogP contribution < -0.4 is 48.7 Å². The van der Waals surface area contributed by atoms with Crippen molar-refractivity contribution >= 4 is 53.2 Å². The van der Waals surface area contributed by atoms with E-state index in [1.807, 2.05) is 37.3 Å². The van der Waals surface area contributed by atoms with E-state index in [2.05, 4.69) is 52.2 Å². The highest BCUT2D eigenvalue weighted by molar-refractivity contribution is 5.98. The van der Waals surface area contributed by atoms with Crippen molar-refractivity contribution in [1.29, 1.82) is 0 Å². The fourth-order valence-electron chi connectivity index (χ4n) is 8.95. The van der Waals surface area contributed by atoms with Crippen molar-refractivity contribution in [2.45, 2.75) is 147 Å². The van der Waals surface area contributed by atoms with Crippen LogP contribution in [0.5, 0.6) is 5.75 Å². The maximum absolute atomic E-state index is 14.7. The van der Waals surface area contributed by atoms with Crippen LogP contribution in [0.2, 0.25) is 0 Å². The second-order valence-electron chi connectivity index (χ2n) is 19.5. The SMILES string of the molecule is CC[C@H](C)[C@@H]1NC(=O)[C@H](Cc2ccc(O)cc2)NC(=O)[C@H](C(C)C)NC(=O)C(CCCN=C(N)N)NC(=O)CCCCCNC(=O)[C@H](Cc2ccccc2)NC(=O)[C@@H]2CCCN2C(=O)[C@H](Cc2cnc[nH]2)NC1=O. The number of aromatic amines is 1. The number of benzene rings is 2. The number of phenolic OH excluding ortho intramolecular Hbond substituents is 1. The first-order valence-corrected chi connectivity index (χ1v) is 25.7. The van der Waals surface area contributed by atoms with E-state index in [0.717, 1.165) is 5.56 Å². The number of phenols is 1. The molecule has 13 N–H and O–H groups in total. The molecule has 2 aliphatic rings. The number of H-pyrrole nitrogens is 1. The molecule has 5 rings (SSSR count). The predicted molar refractivity (Wildman–Crippen MR) is 276 cm³/mol. The third-order valence-electron chi connectivity index (χ3n) is 13.4. The van der Waals surface area contributed by atoms with Crippen molar-refractivity contribution in [3.8, 4) is 5.75 Å². The second-order valence-corrected chi connectivity index (χ2v) is 19.5. The number of guanidine groups is 1. The summed E-state index contributed by atoms with van der Waals surface area (Å²) in [7, 11) is 0. The van der Waals surface area contributed by atoms with Gasteiger partial charge in [0.25, 0.3) is 0 Å². The van der Waals surface area contributed by atoms with Crippen LogP contribution in [-0.2, 0) is 57.6 Å². The van der Waals surface area contributed by atoms with Gasteiger partial charge in [0, 0.05) is 57.2 Å². The summed E-state index contributed by atoms with van der Waals surface area (Å²) in [5, 5.41) is 30.0. The van der Waals surface area contributed by atoms with Gasteiger partial charge in [-0.3, -0.25) is 43.3 Å². The molecule has 8 atom stereocenters. The highest BCUT2D eigenvalue weighted by Gasteiger charge is 2.41. The fourth-order valence-corrected chi connectivity index (χ4v) is 8.95. The van der Waals surface area contributed by atoms with Gasteiger partial charge >= 0.3 is 0 Å². The lowest BCUT2D eigenvalue weighted by molar-refractivity contribution is -0.142. The molecule has 22 nitrogen and oxygen atoms in total. The predicted octanol–water partition coefficient (Wildman–Crippen LogP) is 0.489. The monoisotopic (exact) mass is 1030 g/mol. The average molecular weight is 1030 g/mol. The molecular formula is C52H75N13O9. The third kappa shape index (κ3) is 17.6. The van der Waals surface area contributed by atoms with Gasteiger partial charge in [0.1, 0.15) is 48.0 Å². The molecule has 0 bridgehead atoms. The summed E-state index contributed by atoms with van der Waals surface area (Å²) in [6.45, 7) is 7.61. The molecule has 2 fully saturated rings. The number of amides is 8. The Labute approximate surface area is 432 Å².